The van der Waals surface area contributed by atoms with Crippen molar-refractivity contribution in [1.82, 2.24) is 9.80 Å². The van der Waals surface area contributed by atoms with Gasteiger partial charge in [-0.05, 0) is 11.4 Å². The molecule has 7 nitrogen and oxygen atoms in total. The van der Waals surface area contributed by atoms with E-state index in [9.17, 15) is 22.1 Å². The Bertz CT molecular complexity index is 430. The van der Waals surface area contributed by atoms with Crippen LogP contribution in [0.3, 0.4) is 0 Å². The van der Waals surface area contributed by atoms with Gasteiger partial charge < -0.3 is 22.0 Å². The second-order valence-corrected chi connectivity index (χ2v) is 4.10. The van der Waals surface area contributed by atoms with Crippen molar-refractivity contribution >= 4 is 25.5 Å². The van der Waals surface area contributed by atoms with Crippen LogP contribution in [-0.2, 0) is 9.53 Å². The quantitative estimate of drug-likeness (QED) is 0.197. The van der Waals surface area contributed by atoms with Gasteiger partial charge in [0.2, 0.25) is 6.21 Å². The lowest BCUT2D eigenvalue weighted by Crippen LogP contribution is -2.34. The number of hydrogen-bond donors (Lipinski definition) is 0. The highest BCUT2D eigenvalue weighted by atomic mass is 19.5. The molecule has 22 heavy (non-hydrogen) atoms. The number of halogens is 4. The van der Waals surface area contributed by atoms with Crippen LogP contribution in [-0.4, -0.2) is 69.6 Å². The van der Waals surface area contributed by atoms with Crippen LogP contribution in [0.1, 0.15) is 6.92 Å². The first-order valence-electron chi connectivity index (χ1n) is 5.78. The summed E-state index contributed by atoms with van der Waals surface area (Å²) in [7, 11) is 1.11. The van der Waals surface area contributed by atoms with Crippen molar-refractivity contribution in [1.29, 1.82) is 5.26 Å². The third-order valence-corrected chi connectivity index (χ3v) is 1.53. The second-order valence-electron chi connectivity index (χ2n) is 4.10. The standard InChI is InChI=1S/C10H17N4O3.BF4/c1-8(6-11)16-9(15)7-12-17-10(13(2)3)14(4)5;2-1(3,4)5/h7-8H,1-5H3;/q+1;-1. The van der Waals surface area contributed by atoms with Crippen LogP contribution >= 0.6 is 0 Å². The van der Waals surface area contributed by atoms with Crippen molar-refractivity contribution < 1.29 is 31.3 Å². The molecule has 0 radical (unpaired) electrons. The molecule has 0 saturated carbocycles. The summed E-state index contributed by atoms with van der Waals surface area (Å²) < 4.78 is 48.6. The van der Waals surface area contributed by atoms with E-state index in [4.69, 9.17) is 9.79 Å². The van der Waals surface area contributed by atoms with Gasteiger partial charge in [0.15, 0.2) is 11.3 Å². The summed E-state index contributed by atoms with van der Waals surface area (Å²) in [4.78, 5) is 14.5. The number of rotatable bonds is 3. The van der Waals surface area contributed by atoms with Gasteiger partial charge in [0, 0.05) is 28.2 Å². The molecule has 0 aliphatic rings. The highest BCUT2D eigenvalue weighted by Crippen LogP contribution is 2.06. The minimum absolute atomic E-state index is 0.461. The molecule has 0 aromatic heterocycles. The SMILES string of the molecule is CC(C#N)OC(=O)C=N[O+]=C(N(C)C)N(C)C.F[B-](F)(F)F. The average molecular weight is 328 g/mol. The highest BCUT2D eigenvalue weighted by molar-refractivity contribution is 6.50. The van der Waals surface area contributed by atoms with Gasteiger partial charge in [0.25, 0.3) is 0 Å². The molecule has 2 amide bonds. The van der Waals surface area contributed by atoms with Crippen LogP contribution in [0.5, 0.6) is 0 Å². The monoisotopic (exact) mass is 328 g/mol. The van der Waals surface area contributed by atoms with E-state index in [2.05, 4.69) is 9.89 Å². The van der Waals surface area contributed by atoms with E-state index in [1.807, 2.05) is 0 Å². The predicted molar refractivity (Wildman–Crippen MR) is 72.6 cm³/mol. The van der Waals surface area contributed by atoms with E-state index in [1.54, 1.807) is 44.1 Å². The Labute approximate surface area is 125 Å². The molecule has 1 atom stereocenters. The number of urea groups is 1. The first kappa shape index (κ1) is 22.0. The molecule has 0 fully saturated rings. The van der Waals surface area contributed by atoms with Crippen LogP contribution in [0, 0.1) is 11.3 Å². The minimum Gasteiger partial charge on any atom is -0.443 e. The normalized spacial score (nSPS) is 11.6. The molecule has 0 bridgehead atoms. The topological polar surface area (TPSA) is 80.2 Å². The molecule has 126 valence electrons. The van der Waals surface area contributed by atoms with E-state index in [0.717, 1.165) is 6.21 Å². The number of carbonyl (C=O) groups excluding carboxylic acids is 2. The fourth-order valence-electron chi connectivity index (χ4n) is 0.911. The Balaban J connectivity index is 0. The molecule has 0 aromatic rings. The van der Waals surface area contributed by atoms with E-state index < -0.39 is 19.3 Å². The number of nitrogens with zero attached hydrogens (tertiary/aromatic N) is 4. The maximum absolute atomic E-state index is 11.1. The Hall–Kier alpha value is -2.32. The Kier molecular flexibility index (Phi) is 10.4. The summed E-state index contributed by atoms with van der Waals surface area (Å²) in [6, 6.07) is 2.22. The largest absolute Gasteiger partial charge is 0.673 e. The number of amides is 2. The summed E-state index contributed by atoms with van der Waals surface area (Å²) >= 11 is 0. The van der Waals surface area contributed by atoms with Gasteiger partial charge in [-0.15, -0.1) is 0 Å². The minimum atomic E-state index is -6.00. The van der Waals surface area contributed by atoms with Crippen LogP contribution in [0.4, 0.5) is 21.8 Å². The molecule has 12 heteroatoms. The number of hydrogen-bond acceptors (Lipinski definition) is 4. The van der Waals surface area contributed by atoms with Crippen molar-refractivity contribution in [3.63, 3.8) is 0 Å². The molecule has 0 N–H and O–H groups in total. The van der Waals surface area contributed by atoms with Gasteiger partial charge in [0.05, 0.1) is 0 Å². The molecule has 0 aliphatic heterocycles. The lowest BCUT2D eigenvalue weighted by Gasteiger charge is -2.09. The van der Waals surface area contributed by atoms with Gasteiger partial charge in [0.1, 0.15) is 6.07 Å². The van der Waals surface area contributed by atoms with Crippen LogP contribution in [0.25, 0.3) is 0 Å². The Morgan fingerprint density at radius 3 is 2.00 bits per heavy atom. The fraction of sp³-hybridized carbons (Fsp3) is 0.600. The molecular weight excluding hydrogens is 311 g/mol. The Morgan fingerprint density at radius 2 is 1.68 bits per heavy atom. The summed E-state index contributed by atoms with van der Waals surface area (Å²) in [5, 5.41) is 11.9. The Morgan fingerprint density at radius 1 is 1.27 bits per heavy atom. The average Bonchev–Trinajstić information content (AvgIpc) is 2.31. The molecule has 0 spiro atoms. The van der Waals surface area contributed by atoms with E-state index in [-0.39, 0.29) is 0 Å². The van der Waals surface area contributed by atoms with Crippen molar-refractivity contribution in [2.45, 2.75) is 13.0 Å². The van der Waals surface area contributed by atoms with Gasteiger partial charge in [-0.2, -0.15) is 5.26 Å². The number of nitriles is 1. The number of oxime groups is 1. The van der Waals surface area contributed by atoms with Crippen molar-refractivity contribution in [2.24, 2.45) is 5.16 Å². The van der Waals surface area contributed by atoms with Crippen molar-refractivity contribution in [3.05, 3.63) is 0 Å². The van der Waals surface area contributed by atoms with Crippen LogP contribution in [0.2, 0.25) is 0 Å². The molecular formula is C10H17BF4N4O3. The third kappa shape index (κ3) is 15.7. The van der Waals surface area contributed by atoms with E-state index in [1.165, 1.54) is 6.92 Å². The fourth-order valence-corrected chi connectivity index (χ4v) is 0.911. The van der Waals surface area contributed by atoms with E-state index >= 15 is 0 Å². The lowest BCUT2D eigenvalue weighted by atomic mass is 10.3. The lowest BCUT2D eigenvalue weighted by molar-refractivity contribution is -0.156. The first-order chi connectivity index (χ1) is 9.88. The van der Waals surface area contributed by atoms with Crippen molar-refractivity contribution in [3.8, 4) is 6.07 Å². The molecule has 0 aromatic carbocycles. The summed E-state index contributed by atoms with van der Waals surface area (Å²) in [5.41, 5.74) is 0. The smallest absolute Gasteiger partial charge is 0.443 e. The number of carbonyl (C=O) groups is 1. The maximum atomic E-state index is 11.1. The first-order valence-corrected chi connectivity index (χ1v) is 5.78. The summed E-state index contributed by atoms with van der Waals surface area (Å²) in [6.07, 6.45) is 0.0704. The molecule has 0 rings (SSSR count). The molecule has 0 saturated heterocycles. The molecule has 0 aliphatic carbocycles. The molecule has 1 unspecified atom stereocenters. The maximum Gasteiger partial charge on any atom is 0.673 e. The number of ether oxygens (including phenoxy) is 1. The summed E-state index contributed by atoms with van der Waals surface area (Å²) in [6.45, 7) is 1.46. The van der Waals surface area contributed by atoms with Gasteiger partial charge in [-0.25, -0.2) is 4.79 Å². The zero-order valence-corrected chi connectivity index (χ0v) is 12.8. The van der Waals surface area contributed by atoms with Gasteiger partial charge in [-0.3, -0.25) is 9.80 Å². The third-order valence-electron chi connectivity index (χ3n) is 1.53. The molecule has 0 heterocycles. The van der Waals surface area contributed by atoms with Crippen LogP contribution in [0.15, 0.2) is 5.16 Å². The zero-order valence-electron chi connectivity index (χ0n) is 12.8. The van der Waals surface area contributed by atoms with Crippen molar-refractivity contribution in [2.75, 3.05) is 28.2 Å². The predicted octanol–water partition coefficient (Wildman–Crippen LogP) is 1.51. The van der Waals surface area contributed by atoms with Crippen LogP contribution < -0.4 is 0 Å². The van der Waals surface area contributed by atoms with Gasteiger partial charge in [-0.1, -0.05) is 0 Å². The van der Waals surface area contributed by atoms with Gasteiger partial charge >= 0.3 is 19.3 Å². The second kappa shape index (κ2) is 10.4. The number of esters is 1. The highest BCUT2D eigenvalue weighted by Gasteiger charge is 2.20. The van der Waals surface area contributed by atoms with E-state index in [0.29, 0.717) is 6.03 Å². The zero-order chi connectivity index (χ0) is 17.9. The summed E-state index contributed by atoms with van der Waals surface area (Å²) in [5.74, 6) is -0.726.